The molecule has 1 aromatic carbocycles. The van der Waals surface area contributed by atoms with E-state index in [-0.39, 0.29) is 10.0 Å². The van der Waals surface area contributed by atoms with E-state index in [2.05, 4.69) is 0 Å². The lowest BCUT2D eigenvalue weighted by Crippen LogP contribution is -2.23. The van der Waals surface area contributed by atoms with Crippen LogP contribution in [0.1, 0.15) is 20.8 Å². The van der Waals surface area contributed by atoms with E-state index in [1.807, 2.05) is 20.8 Å². The summed E-state index contributed by atoms with van der Waals surface area (Å²) in [6.07, 6.45) is 0. The van der Waals surface area contributed by atoms with Crippen LogP contribution < -0.4 is 4.74 Å². The van der Waals surface area contributed by atoms with Gasteiger partial charge in [0.2, 0.25) is 0 Å². The zero-order valence-corrected chi connectivity index (χ0v) is 11.8. The molecular formula is C10H12Cl2O4S. The Morgan fingerprint density at radius 3 is 1.88 bits per heavy atom. The van der Waals surface area contributed by atoms with Crippen molar-refractivity contribution in [3.63, 3.8) is 0 Å². The van der Waals surface area contributed by atoms with Crippen LogP contribution in [-0.2, 0) is 10.1 Å². The van der Waals surface area contributed by atoms with Crippen molar-refractivity contribution in [1.29, 1.82) is 0 Å². The van der Waals surface area contributed by atoms with Crippen molar-refractivity contribution in [2.45, 2.75) is 31.3 Å². The van der Waals surface area contributed by atoms with E-state index in [1.54, 1.807) is 0 Å². The molecule has 0 atom stereocenters. The topological polar surface area (TPSA) is 63.6 Å². The van der Waals surface area contributed by atoms with E-state index in [1.165, 1.54) is 12.1 Å². The summed E-state index contributed by atoms with van der Waals surface area (Å²) >= 11 is 11.5. The monoisotopic (exact) mass is 298 g/mol. The number of rotatable bonds is 2. The molecule has 1 rings (SSSR count). The number of hydrogen-bond donors (Lipinski definition) is 1. The lowest BCUT2D eigenvalue weighted by molar-refractivity contribution is 0.131. The fourth-order valence-electron chi connectivity index (χ4n) is 1.20. The van der Waals surface area contributed by atoms with Crippen LogP contribution >= 0.6 is 23.2 Å². The highest BCUT2D eigenvalue weighted by Gasteiger charge is 2.22. The molecule has 0 aliphatic rings. The molecule has 96 valence electrons. The van der Waals surface area contributed by atoms with Crippen molar-refractivity contribution >= 4 is 33.3 Å². The van der Waals surface area contributed by atoms with Gasteiger partial charge in [0.15, 0.2) is 0 Å². The molecule has 0 saturated heterocycles. The predicted molar refractivity (Wildman–Crippen MR) is 66.7 cm³/mol. The number of ether oxygens (including phenoxy) is 1. The molecule has 0 amide bonds. The molecule has 0 radical (unpaired) electrons. The van der Waals surface area contributed by atoms with Gasteiger partial charge in [0.25, 0.3) is 10.1 Å². The molecule has 4 nitrogen and oxygen atoms in total. The van der Waals surface area contributed by atoms with Gasteiger partial charge in [-0.15, -0.1) is 0 Å². The molecule has 0 aromatic heterocycles. The minimum atomic E-state index is -4.44. The molecule has 0 aliphatic heterocycles. The minimum absolute atomic E-state index is 0.181. The lowest BCUT2D eigenvalue weighted by Gasteiger charge is -2.21. The van der Waals surface area contributed by atoms with Crippen LogP contribution in [0.5, 0.6) is 5.75 Å². The lowest BCUT2D eigenvalue weighted by atomic mass is 10.2. The van der Waals surface area contributed by atoms with Gasteiger partial charge in [-0.2, -0.15) is 8.42 Å². The van der Waals surface area contributed by atoms with Gasteiger partial charge >= 0.3 is 0 Å². The smallest absolute Gasteiger partial charge is 0.297 e. The average molecular weight is 299 g/mol. The van der Waals surface area contributed by atoms with E-state index in [0.717, 1.165) is 0 Å². The first-order valence-electron chi connectivity index (χ1n) is 4.66. The second kappa shape index (κ2) is 4.65. The molecule has 0 bridgehead atoms. The summed E-state index contributed by atoms with van der Waals surface area (Å²) in [5.74, 6) is 0.333. The minimum Gasteiger partial charge on any atom is -0.488 e. The highest BCUT2D eigenvalue weighted by Crippen LogP contribution is 2.34. The van der Waals surface area contributed by atoms with E-state index in [9.17, 15) is 8.42 Å². The van der Waals surface area contributed by atoms with E-state index < -0.39 is 20.6 Å². The SMILES string of the molecule is CC(C)(C)Oc1cc(Cl)c(S(=O)(=O)O)c(Cl)c1. The third-order valence-corrected chi connectivity index (χ3v) is 3.43. The second-order valence-electron chi connectivity index (χ2n) is 4.41. The average Bonchev–Trinajstić information content (AvgIpc) is 1.94. The Balaban J connectivity index is 3.29. The maximum Gasteiger partial charge on any atom is 0.297 e. The van der Waals surface area contributed by atoms with Crippen LogP contribution in [0.3, 0.4) is 0 Å². The first kappa shape index (κ1) is 14.6. The Bertz CT molecular complexity index is 509. The van der Waals surface area contributed by atoms with Gasteiger partial charge in [-0.3, -0.25) is 4.55 Å². The van der Waals surface area contributed by atoms with Crippen molar-refractivity contribution in [2.24, 2.45) is 0 Å². The van der Waals surface area contributed by atoms with Crippen molar-refractivity contribution in [1.82, 2.24) is 0 Å². The number of halogens is 2. The molecule has 1 aromatic rings. The summed E-state index contributed by atoms with van der Waals surface area (Å²) in [5.41, 5.74) is -0.466. The van der Waals surface area contributed by atoms with E-state index in [0.29, 0.717) is 5.75 Å². The molecule has 0 aliphatic carbocycles. The van der Waals surface area contributed by atoms with Gasteiger partial charge in [-0.1, -0.05) is 23.2 Å². The van der Waals surface area contributed by atoms with Crippen molar-refractivity contribution in [3.8, 4) is 5.75 Å². The normalized spacial score (nSPS) is 12.6. The van der Waals surface area contributed by atoms with Gasteiger partial charge in [0.1, 0.15) is 16.2 Å². The zero-order chi connectivity index (χ0) is 13.4. The summed E-state index contributed by atoms with van der Waals surface area (Å²) < 4.78 is 36.5. The van der Waals surface area contributed by atoms with Gasteiger partial charge in [0.05, 0.1) is 10.0 Å². The molecule has 17 heavy (non-hydrogen) atoms. The van der Waals surface area contributed by atoms with Crippen LogP contribution in [0.15, 0.2) is 17.0 Å². The summed E-state index contributed by atoms with van der Waals surface area (Å²) in [6, 6.07) is 2.59. The maximum absolute atomic E-state index is 11.0. The molecule has 0 unspecified atom stereocenters. The molecule has 1 N–H and O–H groups in total. The maximum atomic E-state index is 11.0. The second-order valence-corrected chi connectivity index (χ2v) is 6.58. The van der Waals surface area contributed by atoms with Crippen LogP contribution in [0.4, 0.5) is 0 Å². The number of benzene rings is 1. The summed E-state index contributed by atoms with van der Waals surface area (Å²) in [4.78, 5) is -0.512. The Morgan fingerprint density at radius 1 is 1.18 bits per heavy atom. The van der Waals surface area contributed by atoms with Gasteiger partial charge in [-0.05, 0) is 20.8 Å². The fourth-order valence-corrected chi connectivity index (χ4v) is 2.86. The van der Waals surface area contributed by atoms with Crippen LogP contribution in [0.2, 0.25) is 10.0 Å². The molecule has 0 spiro atoms. The summed E-state index contributed by atoms with van der Waals surface area (Å²) in [7, 11) is -4.44. The van der Waals surface area contributed by atoms with Gasteiger partial charge < -0.3 is 4.74 Å². The standard InChI is InChI=1S/C10H12Cl2O4S/c1-10(2,3)16-6-4-7(11)9(8(12)5-6)17(13,14)15/h4-5H,1-3H3,(H,13,14,15). The summed E-state index contributed by atoms with van der Waals surface area (Å²) in [5, 5.41) is -0.362. The van der Waals surface area contributed by atoms with Crippen molar-refractivity contribution in [3.05, 3.63) is 22.2 Å². The molecular weight excluding hydrogens is 287 g/mol. The third-order valence-electron chi connectivity index (χ3n) is 1.65. The predicted octanol–water partition coefficient (Wildman–Crippen LogP) is 3.42. The highest BCUT2D eigenvalue weighted by molar-refractivity contribution is 7.86. The first-order valence-corrected chi connectivity index (χ1v) is 6.86. The Labute approximate surface area is 110 Å². The van der Waals surface area contributed by atoms with Crippen molar-refractivity contribution < 1.29 is 17.7 Å². The molecule has 0 saturated carbocycles. The van der Waals surface area contributed by atoms with Crippen LogP contribution in [0, 0.1) is 0 Å². The molecule has 7 heteroatoms. The van der Waals surface area contributed by atoms with E-state index in [4.69, 9.17) is 32.5 Å². The number of hydrogen-bond acceptors (Lipinski definition) is 3. The van der Waals surface area contributed by atoms with E-state index >= 15 is 0 Å². The fraction of sp³-hybridized carbons (Fsp3) is 0.400. The molecule has 0 heterocycles. The Hall–Kier alpha value is -0.490. The van der Waals surface area contributed by atoms with Gasteiger partial charge in [-0.25, -0.2) is 0 Å². The zero-order valence-electron chi connectivity index (χ0n) is 9.49. The quantitative estimate of drug-likeness (QED) is 0.850. The van der Waals surface area contributed by atoms with Crippen LogP contribution in [-0.4, -0.2) is 18.6 Å². The van der Waals surface area contributed by atoms with Gasteiger partial charge in [0, 0.05) is 12.1 Å². The summed E-state index contributed by atoms with van der Waals surface area (Å²) in [6.45, 7) is 5.47. The molecule has 0 fully saturated rings. The first-order chi connectivity index (χ1) is 7.50. The Morgan fingerprint density at radius 2 is 1.59 bits per heavy atom. The highest BCUT2D eigenvalue weighted by atomic mass is 35.5. The third kappa shape index (κ3) is 4.03. The van der Waals surface area contributed by atoms with Crippen molar-refractivity contribution in [2.75, 3.05) is 0 Å². The van der Waals surface area contributed by atoms with Crippen LogP contribution in [0.25, 0.3) is 0 Å². The Kier molecular flexibility index (Phi) is 3.98. The largest absolute Gasteiger partial charge is 0.488 e.